The highest BCUT2D eigenvalue weighted by Crippen LogP contribution is 2.38. The summed E-state index contributed by atoms with van der Waals surface area (Å²) in [5.74, 6) is 0.420. The topological polar surface area (TPSA) is 9.23 Å². The van der Waals surface area contributed by atoms with Crippen molar-refractivity contribution in [2.75, 3.05) is 7.11 Å². The van der Waals surface area contributed by atoms with E-state index in [1.807, 2.05) is 32.0 Å². The van der Waals surface area contributed by atoms with E-state index < -0.39 is 5.38 Å². The Morgan fingerprint density at radius 1 is 1.15 bits per heavy atom. The van der Waals surface area contributed by atoms with Gasteiger partial charge in [-0.05, 0) is 54.8 Å². The highest BCUT2D eigenvalue weighted by atomic mass is 79.9. The van der Waals surface area contributed by atoms with Gasteiger partial charge in [-0.1, -0.05) is 22.0 Å². The molecule has 0 amide bonds. The molecule has 0 radical (unpaired) electrons. The lowest BCUT2D eigenvalue weighted by atomic mass is 10.0. The third kappa shape index (κ3) is 3.15. The van der Waals surface area contributed by atoms with Gasteiger partial charge in [-0.2, -0.15) is 0 Å². The van der Waals surface area contributed by atoms with Gasteiger partial charge >= 0.3 is 0 Å². The molecule has 0 aliphatic heterocycles. The summed E-state index contributed by atoms with van der Waals surface area (Å²) in [5, 5.41) is -0.462. The summed E-state index contributed by atoms with van der Waals surface area (Å²) in [7, 11) is 1.60. The fourth-order valence-electron chi connectivity index (χ4n) is 2.14. The van der Waals surface area contributed by atoms with Crippen LogP contribution < -0.4 is 4.74 Å². The fourth-order valence-corrected chi connectivity index (χ4v) is 2.79. The molecule has 0 aliphatic rings. The van der Waals surface area contributed by atoms with Gasteiger partial charge in [-0.3, -0.25) is 0 Å². The van der Waals surface area contributed by atoms with Crippen LogP contribution in [0, 0.1) is 19.7 Å². The van der Waals surface area contributed by atoms with Crippen LogP contribution in [0.2, 0.25) is 0 Å². The van der Waals surface area contributed by atoms with E-state index in [-0.39, 0.29) is 5.82 Å². The van der Waals surface area contributed by atoms with Crippen molar-refractivity contribution in [1.82, 2.24) is 0 Å². The first-order chi connectivity index (χ1) is 9.42. The summed E-state index contributed by atoms with van der Waals surface area (Å²) in [4.78, 5) is 0. The minimum atomic E-state index is -0.462. The van der Waals surface area contributed by atoms with Gasteiger partial charge in [-0.15, -0.1) is 11.6 Å². The van der Waals surface area contributed by atoms with Crippen LogP contribution in [0.25, 0.3) is 0 Å². The van der Waals surface area contributed by atoms with E-state index in [4.69, 9.17) is 16.3 Å². The molecule has 1 unspecified atom stereocenters. The van der Waals surface area contributed by atoms with Gasteiger partial charge in [0.25, 0.3) is 0 Å². The molecular formula is C16H15BrClFO. The third-order valence-corrected chi connectivity index (χ3v) is 4.48. The third-order valence-electron chi connectivity index (χ3n) is 3.14. The molecule has 1 nitrogen and oxygen atoms in total. The lowest BCUT2D eigenvalue weighted by Crippen LogP contribution is -2.00. The van der Waals surface area contributed by atoms with Crippen LogP contribution >= 0.6 is 27.5 Å². The van der Waals surface area contributed by atoms with Gasteiger partial charge in [0, 0.05) is 10.0 Å². The molecule has 106 valence electrons. The zero-order valence-corrected chi connectivity index (χ0v) is 13.8. The van der Waals surface area contributed by atoms with E-state index in [0.717, 1.165) is 26.7 Å². The summed E-state index contributed by atoms with van der Waals surface area (Å²) >= 11 is 10.0. The van der Waals surface area contributed by atoms with Crippen molar-refractivity contribution in [1.29, 1.82) is 0 Å². The summed E-state index contributed by atoms with van der Waals surface area (Å²) in [6.07, 6.45) is 0. The van der Waals surface area contributed by atoms with Gasteiger partial charge in [-0.25, -0.2) is 4.39 Å². The first-order valence-electron chi connectivity index (χ1n) is 6.17. The zero-order chi connectivity index (χ0) is 14.9. The number of alkyl halides is 1. The first-order valence-corrected chi connectivity index (χ1v) is 7.40. The monoisotopic (exact) mass is 356 g/mol. The maximum absolute atomic E-state index is 13.5. The Morgan fingerprint density at radius 3 is 2.45 bits per heavy atom. The molecule has 2 rings (SSSR count). The predicted octanol–water partition coefficient (Wildman–Crippen LogP) is 5.54. The molecular weight excluding hydrogens is 343 g/mol. The lowest BCUT2D eigenvalue weighted by molar-refractivity contribution is 0.409. The highest BCUT2D eigenvalue weighted by Gasteiger charge is 2.18. The van der Waals surface area contributed by atoms with Crippen molar-refractivity contribution >= 4 is 27.5 Å². The summed E-state index contributed by atoms with van der Waals surface area (Å²) in [6, 6.07) is 8.66. The number of hydrogen-bond acceptors (Lipinski definition) is 1. The van der Waals surface area contributed by atoms with Gasteiger partial charge in [0.1, 0.15) is 11.6 Å². The Morgan fingerprint density at radius 2 is 1.85 bits per heavy atom. The molecule has 0 bridgehead atoms. The van der Waals surface area contributed by atoms with E-state index in [1.54, 1.807) is 7.11 Å². The Kier molecular flexibility index (Phi) is 4.71. The van der Waals surface area contributed by atoms with Crippen molar-refractivity contribution in [2.24, 2.45) is 0 Å². The van der Waals surface area contributed by atoms with Crippen molar-refractivity contribution in [2.45, 2.75) is 19.2 Å². The minimum absolute atomic E-state index is 0.282. The number of ether oxygens (including phenoxy) is 1. The van der Waals surface area contributed by atoms with Crippen LogP contribution in [0.3, 0.4) is 0 Å². The van der Waals surface area contributed by atoms with Crippen LogP contribution in [0.15, 0.2) is 34.8 Å². The second-order valence-electron chi connectivity index (χ2n) is 4.77. The Hall–Kier alpha value is -1.06. The summed E-state index contributed by atoms with van der Waals surface area (Å²) in [6.45, 7) is 3.82. The van der Waals surface area contributed by atoms with E-state index in [1.165, 1.54) is 12.1 Å². The molecule has 0 aliphatic carbocycles. The number of methoxy groups -OCH3 is 1. The molecule has 0 saturated carbocycles. The van der Waals surface area contributed by atoms with E-state index in [0.29, 0.717) is 5.75 Å². The Labute approximate surface area is 131 Å². The molecule has 0 spiro atoms. The van der Waals surface area contributed by atoms with Crippen LogP contribution in [-0.2, 0) is 0 Å². The van der Waals surface area contributed by atoms with Gasteiger partial charge in [0.2, 0.25) is 0 Å². The number of rotatable bonds is 3. The molecule has 4 heteroatoms. The Balaban J connectivity index is 2.52. The zero-order valence-electron chi connectivity index (χ0n) is 11.5. The van der Waals surface area contributed by atoms with Crippen LogP contribution in [0.1, 0.15) is 27.6 Å². The van der Waals surface area contributed by atoms with Gasteiger partial charge < -0.3 is 4.74 Å². The summed E-state index contributed by atoms with van der Waals surface area (Å²) < 4.78 is 19.9. The quantitative estimate of drug-likeness (QED) is 0.655. The van der Waals surface area contributed by atoms with Crippen molar-refractivity contribution in [3.63, 3.8) is 0 Å². The van der Waals surface area contributed by atoms with Crippen molar-refractivity contribution in [3.05, 3.63) is 62.9 Å². The highest BCUT2D eigenvalue weighted by molar-refractivity contribution is 9.10. The summed E-state index contributed by atoms with van der Waals surface area (Å²) in [5.41, 5.74) is 3.44. The van der Waals surface area contributed by atoms with Crippen LogP contribution in [0.4, 0.5) is 4.39 Å². The smallest absolute Gasteiger partial charge is 0.124 e. The molecule has 0 aromatic heterocycles. The maximum atomic E-state index is 13.5. The molecule has 0 heterocycles. The lowest BCUT2D eigenvalue weighted by Gasteiger charge is -2.16. The fraction of sp³-hybridized carbons (Fsp3) is 0.250. The van der Waals surface area contributed by atoms with Crippen molar-refractivity contribution in [3.8, 4) is 5.75 Å². The average molecular weight is 358 g/mol. The van der Waals surface area contributed by atoms with E-state index in [9.17, 15) is 4.39 Å². The largest absolute Gasteiger partial charge is 0.496 e. The Bertz CT molecular complexity index is 622. The average Bonchev–Trinajstić information content (AvgIpc) is 2.39. The molecule has 0 N–H and O–H groups in total. The molecule has 2 aromatic rings. The van der Waals surface area contributed by atoms with E-state index in [2.05, 4.69) is 15.9 Å². The van der Waals surface area contributed by atoms with Gasteiger partial charge in [0.05, 0.1) is 12.5 Å². The first kappa shape index (κ1) is 15.3. The molecule has 0 fully saturated rings. The normalized spacial score (nSPS) is 12.3. The number of aryl methyl sites for hydroxylation is 2. The standard InChI is InChI=1S/C16H15BrClFO/c1-9-4-11(7-12(19)5-9)16(18)13-8-14(17)10(2)6-15(13)20-3/h4-8,16H,1-3H3. The SMILES string of the molecule is COc1cc(C)c(Br)cc1C(Cl)c1cc(C)cc(F)c1. The number of halogens is 3. The van der Waals surface area contributed by atoms with Gasteiger partial charge in [0.15, 0.2) is 0 Å². The van der Waals surface area contributed by atoms with Crippen LogP contribution in [-0.4, -0.2) is 7.11 Å². The van der Waals surface area contributed by atoms with E-state index >= 15 is 0 Å². The predicted molar refractivity (Wildman–Crippen MR) is 84.3 cm³/mol. The molecule has 0 saturated heterocycles. The second-order valence-corrected chi connectivity index (χ2v) is 6.06. The number of hydrogen-bond donors (Lipinski definition) is 0. The molecule has 2 aromatic carbocycles. The minimum Gasteiger partial charge on any atom is -0.496 e. The second kappa shape index (κ2) is 6.15. The van der Waals surface area contributed by atoms with Crippen LogP contribution in [0.5, 0.6) is 5.75 Å². The molecule has 20 heavy (non-hydrogen) atoms. The van der Waals surface area contributed by atoms with Crippen molar-refractivity contribution < 1.29 is 9.13 Å². The maximum Gasteiger partial charge on any atom is 0.124 e. The number of benzene rings is 2. The molecule has 1 atom stereocenters.